The molecule has 0 aliphatic carbocycles. The first-order valence-electron chi connectivity index (χ1n) is 4.23. The highest BCUT2D eigenvalue weighted by Gasteiger charge is 1.82. The lowest BCUT2D eigenvalue weighted by Gasteiger charge is -1.90. The minimum atomic E-state index is -0.211. The second kappa shape index (κ2) is 17.5. The fourth-order valence-electron chi connectivity index (χ4n) is 0.203. The van der Waals surface area contributed by atoms with Crippen molar-refractivity contribution in [2.24, 2.45) is 5.92 Å². The van der Waals surface area contributed by atoms with Crippen LogP contribution in [0.1, 0.15) is 27.7 Å². The maximum absolute atomic E-state index is 9.82. The molecule has 0 unspecified atom stereocenters. The first-order chi connectivity index (χ1) is 6.04. The molecule has 82 valence electrons. The average Bonchev–Trinajstić information content (AvgIpc) is 2.09. The van der Waals surface area contributed by atoms with E-state index in [1.807, 2.05) is 13.8 Å². The largest absolute Gasteiger partial charge is 0.466 e. The van der Waals surface area contributed by atoms with Crippen molar-refractivity contribution in [3.63, 3.8) is 0 Å². The van der Waals surface area contributed by atoms with Gasteiger partial charge in [0.15, 0.2) is 0 Å². The Morgan fingerprint density at radius 2 is 1.69 bits per heavy atom. The van der Waals surface area contributed by atoms with Gasteiger partial charge in [0.25, 0.3) is 0 Å². The van der Waals surface area contributed by atoms with E-state index in [4.69, 9.17) is 10.2 Å². The Balaban J connectivity index is -0.000000131. The van der Waals surface area contributed by atoms with Crippen LogP contribution in [0.5, 0.6) is 0 Å². The Hall–Kier alpha value is -0.610. The lowest BCUT2D eigenvalue weighted by molar-refractivity contribution is -0.140. The molecule has 0 radical (unpaired) electrons. The molecule has 0 saturated carbocycles. The van der Waals surface area contributed by atoms with Crippen molar-refractivity contribution in [1.29, 1.82) is 0 Å². The van der Waals surface area contributed by atoms with Crippen molar-refractivity contribution in [3.8, 4) is 0 Å². The lowest BCUT2D eigenvalue weighted by Crippen LogP contribution is -1.95. The number of carbonyl (C=O) groups is 1. The number of aliphatic hydroxyl groups excluding tert-OH is 2. The summed E-state index contributed by atoms with van der Waals surface area (Å²) in [5.74, 6) is 0.229. The zero-order valence-electron chi connectivity index (χ0n) is 9.20. The molecule has 0 aliphatic rings. The molecule has 4 nitrogen and oxygen atoms in total. The van der Waals surface area contributed by atoms with Gasteiger partial charge < -0.3 is 14.9 Å². The summed E-state index contributed by atoms with van der Waals surface area (Å²) in [5.41, 5.74) is 0. The summed E-state index contributed by atoms with van der Waals surface area (Å²) in [6.07, 6.45) is 0. The van der Waals surface area contributed by atoms with Crippen LogP contribution in [0.25, 0.3) is 0 Å². The second-order valence-electron chi connectivity index (χ2n) is 2.50. The van der Waals surface area contributed by atoms with E-state index in [1.165, 1.54) is 6.92 Å². The molecule has 0 atom stereocenters. The van der Waals surface area contributed by atoms with Crippen molar-refractivity contribution in [2.45, 2.75) is 27.7 Å². The van der Waals surface area contributed by atoms with Crippen LogP contribution in [0.4, 0.5) is 0 Å². The van der Waals surface area contributed by atoms with Crippen LogP contribution in [0.15, 0.2) is 0 Å². The maximum Gasteiger partial charge on any atom is 0.302 e. The van der Waals surface area contributed by atoms with Gasteiger partial charge in [0, 0.05) is 20.6 Å². The summed E-state index contributed by atoms with van der Waals surface area (Å²) in [6, 6.07) is 0. The number of hydrogen-bond donors (Lipinski definition) is 2. The number of hydrogen-bond acceptors (Lipinski definition) is 4. The molecule has 0 heterocycles. The summed E-state index contributed by atoms with van der Waals surface area (Å²) in [4.78, 5) is 9.82. The van der Waals surface area contributed by atoms with Crippen molar-refractivity contribution in [2.75, 3.05) is 20.3 Å². The van der Waals surface area contributed by atoms with Gasteiger partial charge in [0.2, 0.25) is 0 Å². The average molecular weight is 194 g/mol. The normalized spacial score (nSPS) is 7.69. The molecule has 2 N–H and O–H groups in total. The summed E-state index contributed by atoms with van der Waals surface area (Å²) >= 11 is 0. The maximum atomic E-state index is 9.82. The van der Waals surface area contributed by atoms with E-state index in [2.05, 4.69) is 4.74 Å². The highest BCUT2D eigenvalue weighted by molar-refractivity contribution is 5.65. The molecule has 4 heteroatoms. The van der Waals surface area contributed by atoms with Gasteiger partial charge in [0.1, 0.15) is 0 Å². The molecule has 0 bridgehead atoms. The quantitative estimate of drug-likeness (QED) is 0.638. The molecule has 0 aliphatic heterocycles. The molecule has 0 spiro atoms. The smallest absolute Gasteiger partial charge is 0.302 e. The molecular weight excluding hydrogens is 172 g/mol. The van der Waals surface area contributed by atoms with Crippen LogP contribution in [0.3, 0.4) is 0 Å². The van der Waals surface area contributed by atoms with Gasteiger partial charge >= 0.3 is 5.97 Å². The van der Waals surface area contributed by atoms with E-state index in [1.54, 1.807) is 6.92 Å². The Bertz CT molecular complexity index is 91.6. The number of aliphatic hydroxyl groups is 2. The second-order valence-corrected chi connectivity index (χ2v) is 2.50. The summed E-state index contributed by atoms with van der Waals surface area (Å²) in [6.45, 7) is 7.90. The van der Waals surface area contributed by atoms with Gasteiger partial charge in [-0.15, -0.1) is 0 Å². The predicted octanol–water partition coefficient (Wildman–Crippen LogP) is 0.813. The van der Waals surface area contributed by atoms with Crippen LogP contribution in [-0.4, -0.2) is 36.5 Å². The van der Waals surface area contributed by atoms with Crippen molar-refractivity contribution in [1.82, 2.24) is 0 Å². The Morgan fingerprint density at radius 3 is 1.69 bits per heavy atom. The van der Waals surface area contributed by atoms with E-state index in [-0.39, 0.29) is 5.97 Å². The first kappa shape index (κ1) is 18.2. The van der Waals surface area contributed by atoms with Gasteiger partial charge in [-0.2, -0.15) is 0 Å². The topological polar surface area (TPSA) is 66.8 Å². The summed E-state index contributed by atoms with van der Waals surface area (Å²) in [7, 11) is 1.00. The monoisotopic (exact) mass is 194 g/mol. The molecule has 0 saturated heterocycles. The van der Waals surface area contributed by atoms with Gasteiger partial charge in [-0.1, -0.05) is 13.8 Å². The van der Waals surface area contributed by atoms with Crippen molar-refractivity contribution in [3.05, 3.63) is 0 Å². The van der Waals surface area contributed by atoms with Gasteiger partial charge in [-0.3, -0.25) is 4.79 Å². The molecule has 0 aromatic heterocycles. The van der Waals surface area contributed by atoms with Crippen molar-refractivity contribution < 1.29 is 19.7 Å². The highest BCUT2D eigenvalue weighted by Crippen LogP contribution is 1.83. The van der Waals surface area contributed by atoms with E-state index >= 15 is 0 Å². The van der Waals surface area contributed by atoms with E-state index < -0.39 is 0 Å². The Morgan fingerprint density at radius 1 is 1.38 bits per heavy atom. The zero-order chi connectivity index (χ0) is 11.3. The van der Waals surface area contributed by atoms with Crippen LogP contribution < -0.4 is 0 Å². The molecule has 13 heavy (non-hydrogen) atoms. The third-order valence-corrected chi connectivity index (χ3v) is 0.713. The predicted molar refractivity (Wildman–Crippen MR) is 52.4 cm³/mol. The number of esters is 1. The summed E-state index contributed by atoms with van der Waals surface area (Å²) in [5, 5.41) is 15.1. The minimum absolute atomic E-state index is 0.211. The number of ether oxygens (including phenoxy) is 1. The Labute approximate surface area is 80.5 Å². The molecule has 0 rings (SSSR count). The Kier molecular flexibility index (Phi) is 24.5. The minimum Gasteiger partial charge on any atom is -0.466 e. The van der Waals surface area contributed by atoms with Crippen molar-refractivity contribution >= 4 is 5.97 Å². The molecule has 0 amide bonds. The van der Waals surface area contributed by atoms with Crippen LogP contribution in [-0.2, 0) is 9.53 Å². The van der Waals surface area contributed by atoms with Crippen LogP contribution in [0.2, 0.25) is 0 Å². The van der Waals surface area contributed by atoms with E-state index in [0.717, 1.165) is 7.11 Å². The molecule has 0 aromatic rings. The van der Waals surface area contributed by atoms with Gasteiger partial charge in [-0.25, -0.2) is 0 Å². The zero-order valence-corrected chi connectivity index (χ0v) is 9.20. The first-order valence-corrected chi connectivity index (χ1v) is 4.23. The summed E-state index contributed by atoms with van der Waals surface area (Å²) < 4.78 is 4.40. The number of carbonyl (C=O) groups excluding carboxylic acids is 1. The molecule has 0 fully saturated rings. The van der Waals surface area contributed by atoms with Crippen LogP contribution in [0, 0.1) is 5.92 Å². The fraction of sp³-hybridized carbons (Fsp3) is 0.889. The van der Waals surface area contributed by atoms with Crippen LogP contribution >= 0.6 is 0 Å². The standard InChI is InChI=1S/C4H8O2.C4H10O.CH4O/c1-3-6-4(2)5;1-4(2)3-5;1-2/h3H2,1-2H3;4-5H,3H2,1-2H3;2H,1H3. The van der Waals surface area contributed by atoms with Gasteiger partial charge in [-0.05, 0) is 12.8 Å². The molecular formula is C9H22O4. The third kappa shape index (κ3) is 52.1. The van der Waals surface area contributed by atoms with Gasteiger partial charge in [0.05, 0.1) is 6.61 Å². The highest BCUT2D eigenvalue weighted by atomic mass is 16.5. The van der Waals surface area contributed by atoms with E-state index in [0.29, 0.717) is 19.1 Å². The molecule has 0 aromatic carbocycles. The van der Waals surface area contributed by atoms with E-state index in [9.17, 15) is 4.79 Å². The lowest BCUT2D eigenvalue weighted by atomic mass is 10.2. The number of rotatable bonds is 2. The SMILES string of the molecule is CC(C)CO.CCOC(C)=O.CO. The fourth-order valence-corrected chi connectivity index (χ4v) is 0.203. The third-order valence-electron chi connectivity index (χ3n) is 0.713.